The van der Waals surface area contributed by atoms with Crippen molar-refractivity contribution in [1.82, 2.24) is 14.9 Å². The van der Waals surface area contributed by atoms with Crippen molar-refractivity contribution in [3.05, 3.63) is 71.0 Å². The zero-order chi connectivity index (χ0) is 27.0. The number of nitrogens with zero attached hydrogens (tertiary/aromatic N) is 2. The summed E-state index contributed by atoms with van der Waals surface area (Å²) in [6, 6.07) is 14.8. The van der Waals surface area contributed by atoms with E-state index in [0.717, 1.165) is 34.0 Å². The molecule has 3 aromatic carbocycles. The number of carbonyl (C=O) groups is 1. The van der Waals surface area contributed by atoms with E-state index in [1.54, 1.807) is 11.8 Å². The maximum Gasteiger partial charge on any atom is 0.294 e. The number of rotatable bonds is 6. The number of carbonyl (C=O) groups excluding carboxylic acids is 1. The van der Waals surface area contributed by atoms with E-state index in [0.29, 0.717) is 24.9 Å². The van der Waals surface area contributed by atoms with Gasteiger partial charge in [-0.3, -0.25) is 4.79 Å². The number of hydrogen-bond donors (Lipinski definition) is 1. The molecule has 0 radical (unpaired) electrons. The Kier molecular flexibility index (Phi) is 6.83. The van der Waals surface area contributed by atoms with E-state index in [1.165, 1.54) is 12.1 Å². The molecule has 198 valence electrons. The third-order valence-corrected chi connectivity index (χ3v) is 7.71. The number of imidazole rings is 1. The van der Waals surface area contributed by atoms with Crippen molar-refractivity contribution in [2.45, 2.75) is 31.7 Å². The fourth-order valence-electron chi connectivity index (χ4n) is 4.72. The molecule has 0 fully saturated rings. The van der Waals surface area contributed by atoms with E-state index in [-0.39, 0.29) is 36.6 Å². The lowest BCUT2D eigenvalue weighted by atomic mass is 10.0. The van der Waals surface area contributed by atoms with E-state index in [2.05, 4.69) is 9.97 Å². The van der Waals surface area contributed by atoms with Crippen molar-refractivity contribution in [2.24, 2.45) is 0 Å². The highest BCUT2D eigenvalue weighted by Crippen LogP contribution is 2.32. The summed E-state index contributed by atoms with van der Waals surface area (Å²) in [5.41, 5.74) is 4.62. The van der Waals surface area contributed by atoms with Crippen molar-refractivity contribution >= 4 is 26.8 Å². The molecule has 8 nitrogen and oxygen atoms in total. The number of halogens is 1. The van der Waals surface area contributed by atoms with Crippen LogP contribution in [0.2, 0.25) is 0 Å². The predicted molar refractivity (Wildman–Crippen MR) is 142 cm³/mol. The summed E-state index contributed by atoms with van der Waals surface area (Å²) in [6.07, 6.45) is 1.14. The minimum atomic E-state index is -3.76. The molecule has 0 saturated heterocycles. The zero-order valence-electron chi connectivity index (χ0n) is 21.4. The average Bonchev–Trinajstić information content (AvgIpc) is 3.16. The molecule has 0 spiro atoms. The molecule has 38 heavy (non-hydrogen) atoms. The maximum absolute atomic E-state index is 15.1. The Morgan fingerprint density at radius 2 is 1.89 bits per heavy atom. The first kappa shape index (κ1) is 25.7. The number of hydrogen-bond acceptors (Lipinski definition) is 6. The zero-order valence-corrected chi connectivity index (χ0v) is 22.2. The van der Waals surface area contributed by atoms with Gasteiger partial charge in [-0.1, -0.05) is 19.1 Å². The summed E-state index contributed by atoms with van der Waals surface area (Å²) in [6.45, 7) is 4.96. The third-order valence-electron chi connectivity index (χ3n) is 6.59. The molecule has 0 unspecified atom stereocenters. The summed E-state index contributed by atoms with van der Waals surface area (Å²) in [4.78, 5) is 22.3. The van der Waals surface area contributed by atoms with Crippen LogP contribution in [0.15, 0.2) is 53.4 Å². The molecule has 1 N–H and O–H groups in total. The molecule has 1 aliphatic rings. The van der Waals surface area contributed by atoms with Gasteiger partial charge in [0, 0.05) is 29.5 Å². The molecule has 10 heteroatoms. The molecular weight excluding hydrogens is 509 g/mol. The van der Waals surface area contributed by atoms with Gasteiger partial charge in [0.25, 0.3) is 11.9 Å². The Bertz CT molecular complexity index is 1650. The van der Waals surface area contributed by atoms with Gasteiger partial charge in [-0.15, -0.1) is 0 Å². The fourth-order valence-corrected chi connectivity index (χ4v) is 5.48. The highest BCUT2D eigenvalue weighted by Gasteiger charge is 2.27. The van der Waals surface area contributed by atoms with Crippen molar-refractivity contribution < 1.29 is 27.1 Å². The number of aromatic nitrogens is 2. The van der Waals surface area contributed by atoms with Gasteiger partial charge in [0.1, 0.15) is 23.1 Å². The summed E-state index contributed by atoms with van der Waals surface area (Å²) < 4.78 is 50.4. The van der Waals surface area contributed by atoms with Crippen LogP contribution in [0.4, 0.5) is 4.39 Å². The van der Waals surface area contributed by atoms with E-state index in [1.807, 2.05) is 43.3 Å². The van der Waals surface area contributed by atoms with Crippen molar-refractivity contribution in [2.75, 3.05) is 26.0 Å². The van der Waals surface area contributed by atoms with Crippen LogP contribution in [0.5, 0.6) is 11.8 Å². The molecule has 1 aliphatic heterocycles. The van der Waals surface area contributed by atoms with Crippen LogP contribution < -0.4 is 9.47 Å². The minimum absolute atomic E-state index is 0.0938. The van der Waals surface area contributed by atoms with Gasteiger partial charge < -0.3 is 19.4 Å². The lowest BCUT2D eigenvalue weighted by Gasteiger charge is -2.22. The monoisotopic (exact) mass is 537 g/mol. The number of amides is 1. The lowest BCUT2D eigenvalue weighted by molar-refractivity contribution is 0.0731. The number of aromatic amines is 1. The lowest BCUT2D eigenvalue weighted by Crippen LogP contribution is -2.33. The van der Waals surface area contributed by atoms with Crippen LogP contribution in [0.3, 0.4) is 0 Å². The normalized spacial score (nSPS) is 13.6. The Morgan fingerprint density at radius 3 is 2.63 bits per heavy atom. The number of fused-ring (bicyclic) bond motifs is 2. The van der Waals surface area contributed by atoms with Gasteiger partial charge in [0.05, 0.1) is 24.2 Å². The average molecular weight is 538 g/mol. The SMILES string of the molecule is CCOc1nc2ccc(-c3ccc4c(c3)CN(C(=O)c3ccc(S(C)(=O)=O)c(F)c3CC)CCO4)cc2[nH]1. The summed E-state index contributed by atoms with van der Waals surface area (Å²) in [5, 5.41) is 0. The van der Waals surface area contributed by atoms with Crippen molar-refractivity contribution in [1.29, 1.82) is 0 Å². The highest BCUT2D eigenvalue weighted by atomic mass is 32.2. The first-order valence-corrected chi connectivity index (χ1v) is 14.3. The predicted octanol–water partition coefficient (Wildman–Crippen LogP) is 4.77. The molecule has 5 rings (SSSR count). The Balaban J connectivity index is 1.46. The number of sulfone groups is 1. The maximum atomic E-state index is 15.1. The Labute approximate surface area is 220 Å². The molecule has 0 atom stereocenters. The molecule has 2 heterocycles. The van der Waals surface area contributed by atoms with Crippen LogP contribution in [-0.2, 0) is 22.8 Å². The number of H-pyrrole nitrogens is 1. The summed E-state index contributed by atoms with van der Waals surface area (Å²) in [7, 11) is -3.76. The quantitative estimate of drug-likeness (QED) is 0.380. The number of benzene rings is 3. The molecule has 1 aromatic heterocycles. The topological polar surface area (TPSA) is 102 Å². The van der Waals surface area contributed by atoms with E-state index >= 15 is 4.39 Å². The molecule has 0 saturated carbocycles. The summed E-state index contributed by atoms with van der Waals surface area (Å²) >= 11 is 0. The van der Waals surface area contributed by atoms with Gasteiger partial charge in [0.2, 0.25) is 0 Å². The van der Waals surface area contributed by atoms with Gasteiger partial charge in [-0.25, -0.2) is 12.8 Å². The van der Waals surface area contributed by atoms with Gasteiger partial charge in [0.15, 0.2) is 9.84 Å². The van der Waals surface area contributed by atoms with Gasteiger partial charge >= 0.3 is 0 Å². The smallest absolute Gasteiger partial charge is 0.294 e. The fraction of sp³-hybridized carbons (Fsp3) is 0.286. The molecule has 0 aliphatic carbocycles. The van der Waals surface area contributed by atoms with E-state index in [4.69, 9.17) is 9.47 Å². The number of nitrogens with one attached hydrogen (secondary N) is 1. The first-order chi connectivity index (χ1) is 18.2. The second-order valence-electron chi connectivity index (χ2n) is 9.13. The highest BCUT2D eigenvalue weighted by molar-refractivity contribution is 7.90. The largest absolute Gasteiger partial charge is 0.491 e. The second kappa shape index (κ2) is 10.1. The molecule has 4 aromatic rings. The Morgan fingerprint density at radius 1 is 1.13 bits per heavy atom. The second-order valence-corrected chi connectivity index (χ2v) is 11.1. The number of ether oxygens (including phenoxy) is 2. The van der Waals surface area contributed by atoms with Crippen LogP contribution in [0, 0.1) is 5.82 Å². The standard InChI is InChI=1S/C28H28FN3O5S/c1-4-20-21(8-11-25(26(20)29)38(3,34)35)27(33)32-12-13-37-24-10-7-17(14-19(24)16-32)18-6-9-22-23(15-18)31-28(30-22)36-5-2/h6-11,14-15H,4-5,12-13,16H2,1-3H3,(H,30,31). The summed E-state index contributed by atoms with van der Waals surface area (Å²) in [5.74, 6) is -0.555. The first-order valence-electron chi connectivity index (χ1n) is 12.4. The van der Waals surface area contributed by atoms with Crippen LogP contribution in [-0.4, -0.2) is 55.2 Å². The van der Waals surface area contributed by atoms with Gasteiger partial charge in [-0.2, -0.15) is 4.98 Å². The van der Waals surface area contributed by atoms with E-state index < -0.39 is 20.5 Å². The van der Waals surface area contributed by atoms with Crippen LogP contribution >= 0.6 is 0 Å². The van der Waals surface area contributed by atoms with Crippen LogP contribution in [0.1, 0.15) is 35.3 Å². The van der Waals surface area contributed by atoms with Crippen molar-refractivity contribution in [3.8, 4) is 22.9 Å². The van der Waals surface area contributed by atoms with Gasteiger partial charge in [-0.05, 0) is 60.9 Å². The molecular formula is C28H28FN3O5S. The molecule has 1 amide bonds. The third kappa shape index (κ3) is 4.83. The van der Waals surface area contributed by atoms with E-state index in [9.17, 15) is 13.2 Å². The van der Waals surface area contributed by atoms with Crippen LogP contribution in [0.25, 0.3) is 22.2 Å². The van der Waals surface area contributed by atoms with Crippen molar-refractivity contribution in [3.63, 3.8) is 0 Å². The minimum Gasteiger partial charge on any atom is -0.491 e. The Hall–Kier alpha value is -3.92. The molecule has 0 bridgehead atoms.